The van der Waals surface area contributed by atoms with E-state index in [-0.39, 0.29) is 5.88 Å². The third-order valence-electron chi connectivity index (χ3n) is 4.68. The summed E-state index contributed by atoms with van der Waals surface area (Å²) in [7, 11) is 0. The van der Waals surface area contributed by atoms with E-state index < -0.39 is 13.0 Å². The van der Waals surface area contributed by atoms with Crippen molar-refractivity contribution in [3.05, 3.63) is 41.6 Å². The molecule has 0 unspecified atom stereocenters. The Morgan fingerprint density at radius 3 is 2.59 bits per heavy atom. The van der Waals surface area contributed by atoms with E-state index in [1.165, 1.54) is 0 Å². The average molecular weight is 371 g/mol. The topological polar surface area (TPSA) is 76.6 Å². The number of halogens is 2. The molecule has 0 saturated carbocycles. The number of hydrogen-bond donors (Lipinski definition) is 1. The Morgan fingerprint density at radius 1 is 1.04 bits per heavy atom. The number of aromatic amines is 1. The predicted molar refractivity (Wildman–Crippen MR) is 95.6 cm³/mol. The minimum atomic E-state index is -2.59. The molecule has 2 heterocycles. The summed E-state index contributed by atoms with van der Waals surface area (Å²) in [5.41, 5.74) is 4.44. The van der Waals surface area contributed by atoms with Crippen LogP contribution in [0.4, 0.5) is 8.78 Å². The van der Waals surface area contributed by atoms with Crippen LogP contribution in [0.15, 0.2) is 30.3 Å². The van der Waals surface area contributed by atoms with Crippen molar-refractivity contribution >= 4 is 0 Å². The molecular weight excluding hydrogens is 352 g/mol. The van der Waals surface area contributed by atoms with Crippen LogP contribution in [0.2, 0.25) is 0 Å². The molecule has 0 atom stereocenters. The van der Waals surface area contributed by atoms with Crippen molar-refractivity contribution in [1.82, 2.24) is 25.6 Å². The fraction of sp³-hybridized carbons (Fsp3) is 0.368. The van der Waals surface area contributed by atoms with Crippen molar-refractivity contribution in [2.75, 3.05) is 6.61 Å². The molecule has 0 bridgehead atoms. The van der Waals surface area contributed by atoms with Gasteiger partial charge < -0.3 is 4.74 Å². The molecule has 3 aromatic rings. The van der Waals surface area contributed by atoms with Crippen molar-refractivity contribution in [2.24, 2.45) is 0 Å². The Kier molecular flexibility index (Phi) is 5.04. The number of pyridine rings is 1. The largest absolute Gasteiger partial charge is 0.471 e. The lowest BCUT2D eigenvalue weighted by atomic mass is 9.91. The molecule has 0 saturated heterocycles. The summed E-state index contributed by atoms with van der Waals surface area (Å²) in [5.74, 6) is 0.506. The smallest absolute Gasteiger partial charge is 0.272 e. The van der Waals surface area contributed by atoms with E-state index in [1.807, 2.05) is 30.3 Å². The van der Waals surface area contributed by atoms with Crippen LogP contribution in [-0.2, 0) is 12.8 Å². The molecule has 0 fully saturated rings. The quantitative estimate of drug-likeness (QED) is 0.690. The van der Waals surface area contributed by atoms with Gasteiger partial charge in [0.05, 0.1) is 5.56 Å². The van der Waals surface area contributed by atoms with Gasteiger partial charge in [0.25, 0.3) is 6.43 Å². The molecule has 0 radical (unpaired) electrons. The number of alkyl halides is 2. The highest BCUT2D eigenvalue weighted by atomic mass is 19.3. The van der Waals surface area contributed by atoms with Gasteiger partial charge in [0, 0.05) is 11.3 Å². The number of hydrogen-bond acceptors (Lipinski definition) is 5. The monoisotopic (exact) mass is 371 g/mol. The molecule has 8 heteroatoms. The van der Waals surface area contributed by atoms with Gasteiger partial charge in [-0.05, 0) is 47.2 Å². The third kappa shape index (κ3) is 3.65. The van der Waals surface area contributed by atoms with E-state index in [4.69, 9.17) is 4.74 Å². The van der Waals surface area contributed by atoms with E-state index in [1.54, 1.807) is 0 Å². The van der Waals surface area contributed by atoms with E-state index in [0.717, 1.165) is 54.5 Å². The molecule has 1 aromatic carbocycles. The van der Waals surface area contributed by atoms with Crippen LogP contribution in [0, 0.1) is 0 Å². The number of fused-ring (bicyclic) bond motifs is 1. The second kappa shape index (κ2) is 7.77. The summed E-state index contributed by atoms with van der Waals surface area (Å²) >= 11 is 0. The number of rotatable bonds is 5. The first-order chi connectivity index (χ1) is 13.2. The number of nitrogens with one attached hydrogen (secondary N) is 1. The molecule has 1 aliphatic rings. The van der Waals surface area contributed by atoms with Crippen molar-refractivity contribution in [1.29, 1.82) is 0 Å². The van der Waals surface area contributed by atoms with Crippen LogP contribution in [0.3, 0.4) is 0 Å². The zero-order chi connectivity index (χ0) is 18.6. The van der Waals surface area contributed by atoms with Gasteiger partial charge in [-0.3, -0.25) is 0 Å². The lowest BCUT2D eigenvalue weighted by Crippen LogP contribution is -2.12. The van der Waals surface area contributed by atoms with Crippen LogP contribution in [0.5, 0.6) is 5.88 Å². The van der Waals surface area contributed by atoms with E-state index in [0.29, 0.717) is 11.4 Å². The zero-order valence-corrected chi connectivity index (χ0v) is 14.7. The summed E-state index contributed by atoms with van der Waals surface area (Å²) in [4.78, 5) is 4.62. The maximum atomic E-state index is 12.8. The Bertz CT molecular complexity index is 900. The summed E-state index contributed by atoms with van der Waals surface area (Å²) < 4.78 is 31.1. The summed E-state index contributed by atoms with van der Waals surface area (Å²) in [5, 5.41) is 14.0. The molecule has 1 aliphatic carbocycles. The maximum absolute atomic E-state index is 12.8. The van der Waals surface area contributed by atoms with Gasteiger partial charge in [0.15, 0.2) is 12.4 Å². The maximum Gasteiger partial charge on any atom is 0.272 e. The summed E-state index contributed by atoms with van der Waals surface area (Å²) in [6.45, 7) is -0.728. The molecule has 27 heavy (non-hydrogen) atoms. The van der Waals surface area contributed by atoms with Gasteiger partial charge in [0.2, 0.25) is 5.88 Å². The highest BCUT2D eigenvalue weighted by Crippen LogP contribution is 2.42. The molecule has 2 aromatic heterocycles. The van der Waals surface area contributed by atoms with Gasteiger partial charge in [0.1, 0.15) is 0 Å². The van der Waals surface area contributed by atoms with Gasteiger partial charge in [-0.1, -0.05) is 36.8 Å². The average Bonchev–Trinajstić information content (AvgIpc) is 3.11. The highest BCUT2D eigenvalue weighted by Gasteiger charge is 2.26. The Balaban J connectivity index is 1.98. The Labute approximate surface area is 155 Å². The summed E-state index contributed by atoms with van der Waals surface area (Å²) in [6, 6.07) is 9.81. The molecule has 0 aliphatic heterocycles. The summed E-state index contributed by atoms with van der Waals surface area (Å²) in [6.07, 6.45) is 2.26. The fourth-order valence-corrected chi connectivity index (χ4v) is 3.55. The number of aromatic nitrogens is 5. The Hall–Kier alpha value is -2.90. The van der Waals surface area contributed by atoms with E-state index in [9.17, 15) is 8.78 Å². The second-order valence-electron chi connectivity index (χ2n) is 6.47. The van der Waals surface area contributed by atoms with Gasteiger partial charge in [-0.2, -0.15) is 0 Å². The van der Waals surface area contributed by atoms with Crippen molar-refractivity contribution in [3.8, 4) is 28.4 Å². The third-order valence-corrected chi connectivity index (χ3v) is 4.68. The van der Waals surface area contributed by atoms with Gasteiger partial charge in [-0.25, -0.2) is 18.9 Å². The molecular formula is C19H19F2N5O. The van der Waals surface area contributed by atoms with Crippen LogP contribution >= 0.6 is 0 Å². The minimum Gasteiger partial charge on any atom is -0.471 e. The molecule has 0 amide bonds. The Morgan fingerprint density at radius 2 is 1.85 bits per heavy atom. The van der Waals surface area contributed by atoms with E-state index >= 15 is 0 Å². The van der Waals surface area contributed by atoms with Crippen LogP contribution in [0.1, 0.15) is 30.5 Å². The first-order valence-electron chi connectivity index (χ1n) is 9.00. The van der Waals surface area contributed by atoms with Crippen LogP contribution < -0.4 is 4.74 Å². The number of ether oxygens (including phenoxy) is 1. The van der Waals surface area contributed by atoms with E-state index in [2.05, 4.69) is 25.6 Å². The van der Waals surface area contributed by atoms with Crippen molar-refractivity contribution in [2.45, 2.75) is 38.5 Å². The normalized spacial score (nSPS) is 14.0. The lowest BCUT2D eigenvalue weighted by Gasteiger charge is -2.19. The van der Waals surface area contributed by atoms with Crippen molar-refractivity contribution < 1.29 is 13.5 Å². The highest BCUT2D eigenvalue weighted by molar-refractivity contribution is 5.86. The first-order valence-corrected chi connectivity index (χ1v) is 9.00. The number of H-pyrrole nitrogens is 1. The zero-order valence-electron chi connectivity index (χ0n) is 14.7. The predicted octanol–water partition coefficient (Wildman–Crippen LogP) is 3.84. The number of tetrazole rings is 1. The van der Waals surface area contributed by atoms with Crippen molar-refractivity contribution in [3.63, 3.8) is 0 Å². The SMILES string of the molecule is FC(F)COc1nc2c(c(-c3ccccc3)c1-c1nnn[nH]1)CCCCC2. The van der Waals surface area contributed by atoms with Crippen LogP contribution in [0.25, 0.3) is 22.5 Å². The molecule has 4 rings (SSSR count). The molecule has 140 valence electrons. The standard InChI is InChI=1S/C19H19F2N5O/c20-15(21)11-27-19-17(18-23-25-26-24-18)16(12-7-3-1-4-8-12)13-9-5-2-6-10-14(13)22-19/h1,3-4,7-8,15H,2,5-6,9-11H2,(H,23,24,25,26). The lowest BCUT2D eigenvalue weighted by molar-refractivity contribution is 0.0798. The fourth-order valence-electron chi connectivity index (χ4n) is 3.55. The van der Waals surface area contributed by atoms with Gasteiger partial charge in [-0.15, -0.1) is 5.10 Å². The first kappa shape index (κ1) is 17.5. The number of nitrogens with zero attached hydrogens (tertiary/aromatic N) is 4. The molecule has 1 N–H and O–H groups in total. The molecule has 0 spiro atoms. The second-order valence-corrected chi connectivity index (χ2v) is 6.47. The minimum absolute atomic E-state index is 0.147. The van der Waals surface area contributed by atoms with Gasteiger partial charge >= 0.3 is 0 Å². The number of aryl methyl sites for hydroxylation is 1. The molecule has 6 nitrogen and oxygen atoms in total. The number of benzene rings is 1. The van der Waals surface area contributed by atoms with Crippen LogP contribution in [-0.4, -0.2) is 38.6 Å².